The van der Waals surface area contributed by atoms with E-state index in [1.807, 2.05) is 0 Å². The topological polar surface area (TPSA) is 15.3 Å². The molecule has 0 aromatic heterocycles. The summed E-state index contributed by atoms with van der Waals surface area (Å²) in [7, 11) is 0. The second kappa shape index (κ2) is 5.82. The van der Waals surface area contributed by atoms with Crippen molar-refractivity contribution in [3.63, 3.8) is 0 Å². The second-order valence-corrected chi connectivity index (χ2v) is 5.03. The van der Waals surface area contributed by atoms with Gasteiger partial charge in [0.25, 0.3) is 0 Å². The average Bonchev–Trinajstić information content (AvgIpc) is 2.34. The van der Waals surface area contributed by atoms with E-state index in [-0.39, 0.29) is 0 Å². The molecule has 1 saturated heterocycles. The van der Waals surface area contributed by atoms with Crippen LogP contribution in [0.5, 0.6) is 0 Å². The van der Waals surface area contributed by atoms with Crippen LogP contribution in [-0.4, -0.2) is 25.7 Å². The van der Waals surface area contributed by atoms with E-state index < -0.39 is 11.7 Å². The minimum absolute atomic E-state index is 0.456. The molecular weight excluding hydrogens is 253 g/mol. The standard InChI is InChI=1S/C14H19F3N2/c1-11-7-10-19(9-2-8-18-11)13-5-3-12(4-6-13)14(15,16)17/h3-6,11,18H,2,7-10H2,1H3. The highest BCUT2D eigenvalue weighted by Gasteiger charge is 2.30. The quantitative estimate of drug-likeness (QED) is 0.844. The summed E-state index contributed by atoms with van der Waals surface area (Å²) < 4.78 is 37.5. The van der Waals surface area contributed by atoms with E-state index in [1.165, 1.54) is 0 Å². The first-order valence-corrected chi connectivity index (χ1v) is 6.62. The number of anilines is 1. The summed E-state index contributed by atoms with van der Waals surface area (Å²) in [5, 5.41) is 3.41. The Morgan fingerprint density at radius 2 is 1.84 bits per heavy atom. The van der Waals surface area contributed by atoms with Crippen LogP contribution in [0.4, 0.5) is 18.9 Å². The molecule has 1 heterocycles. The monoisotopic (exact) mass is 272 g/mol. The molecule has 1 unspecified atom stereocenters. The minimum Gasteiger partial charge on any atom is -0.371 e. The van der Waals surface area contributed by atoms with Gasteiger partial charge in [0.05, 0.1) is 5.56 Å². The molecule has 1 aliphatic rings. The Bertz CT molecular complexity index is 400. The molecule has 2 nitrogen and oxygen atoms in total. The normalized spacial score (nSPS) is 21.9. The third-order valence-electron chi connectivity index (χ3n) is 3.49. The van der Waals surface area contributed by atoms with Crippen LogP contribution in [0.3, 0.4) is 0 Å². The van der Waals surface area contributed by atoms with Crippen LogP contribution < -0.4 is 10.2 Å². The maximum Gasteiger partial charge on any atom is 0.416 e. The van der Waals surface area contributed by atoms with Crippen molar-refractivity contribution in [2.75, 3.05) is 24.5 Å². The summed E-state index contributed by atoms with van der Waals surface area (Å²) in [6, 6.07) is 5.92. The first kappa shape index (κ1) is 14.2. The van der Waals surface area contributed by atoms with Crippen molar-refractivity contribution in [1.82, 2.24) is 5.32 Å². The lowest BCUT2D eigenvalue weighted by molar-refractivity contribution is -0.137. The molecule has 0 radical (unpaired) electrons. The maximum absolute atomic E-state index is 12.5. The SMILES string of the molecule is CC1CCN(c2ccc(C(F)(F)F)cc2)CCCN1. The zero-order valence-corrected chi connectivity index (χ0v) is 11.0. The molecule has 1 aromatic carbocycles. The summed E-state index contributed by atoms with van der Waals surface area (Å²) in [5.74, 6) is 0. The van der Waals surface area contributed by atoms with Crippen molar-refractivity contribution in [2.45, 2.75) is 32.0 Å². The van der Waals surface area contributed by atoms with Gasteiger partial charge >= 0.3 is 6.18 Å². The Balaban J connectivity index is 2.08. The summed E-state index contributed by atoms with van der Waals surface area (Å²) >= 11 is 0. The summed E-state index contributed by atoms with van der Waals surface area (Å²) in [5.41, 5.74) is 0.292. The smallest absolute Gasteiger partial charge is 0.371 e. The van der Waals surface area contributed by atoms with Crippen LogP contribution in [-0.2, 0) is 6.18 Å². The Labute approximate surface area is 111 Å². The lowest BCUT2D eigenvalue weighted by Gasteiger charge is -2.29. The first-order valence-electron chi connectivity index (χ1n) is 6.62. The van der Waals surface area contributed by atoms with E-state index in [9.17, 15) is 13.2 Å². The van der Waals surface area contributed by atoms with Gasteiger partial charge in [0, 0.05) is 24.8 Å². The predicted molar refractivity (Wildman–Crippen MR) is 70.4 cm³/mol. The number of nitrogens with zero attached hydrogens (tertiary/aromatic N) is 1. The molecule has 0 bridgehead atoms. The molecule has 1 aliphatic heterocycles. The number of rotatable bonds is 1. The van der Waals surface area contributed by atoms with Crippen molar-refractivity contribution in [3.05, 3.63) is 29.8 Å². The second-order valence-electron chi connectivity index (χ2n) is 5.03. The van der Waals surface area contributed by atoms with Gasteiger partial charge in [0.2, 0.25) is 0 Å². The maximum atomic E-state index is 12.5. The summed E-state index contributed by atoms with van der Waals surface area (Å²) in [6.45, 7) is 4.85. The van der Waals surface area contributed by atoms with Crippen molar-refractivity contribution in [3.8, 4) is 0 Å². The fourth-order valence-corrected chi connectivity index (χ4v) is 2.30. The van der Waals surface area contributed by atoms with Crippen molar-refractivity contribution < 1.29 is 13.2 Å². The average molecular weight is 272 g/mol. The number of benzene rings is 1. The van der Waals surface area contributed by atoms with Gasteiger partial charge < -0.3 is 10.2 Å². The van der Waals surface area contributed by atoms with Gasteiger partial charge in [-0.1, -0.05) is 0 Å². The lowest BCUT2D eigenvalue weighted by Crippen LogP contribution is -2.38. The van der Waals surface area contributed by atoms with Gasteiger partial charge in [0.15, 0.2) is 0 Å². The zero-order valence-electron chi connectivity index (χ0n) is 11.0. The van der Waals surface area contributed by atoms with Gasteiger partial charge in [-0.05, 0) is 50.6 Å². The van der Waals surface area contributed by atoms with E-state index >= 15 is 0 Å². The molecule has 1 atom stereocenters. The Morgan fingerprint density at radius 1 is 1.16 bits per heavy atom. The molecule has 106 valence electrons. The molecule has 1 N–H and O–H groups in total. The molecule has 0 aliphatic carbocycles. The molecule has 0 spiro atoms. The van der Waals surface area contributed by atoms with Gasteiger partial charge in [0.1, 0.15) is 0 Å². The highest BCUT2D eigenvalue weighted by molar-refractivity contribution is 5.48. The fourth-order valence-electron chi connectivity index (χ4n) is 2.30. The van der Waals surface area contributed by atoms with Crippen molar-refractivity contribution >= 4 is 5.69 Å². The number of halogens is 3. The van der Waals surface area contributed by atoms with Crippen LogP contribution in [0.1, 0.15) is 25.3 Å². The van der Waals surface area contributed by atoms with E-state index in [0.29, 0.717) is 6.04 Å². The molecule has 0 saturated carbocycles. The number of hydrogen-bond donors (Lipinski definition) is 1. The highest BCUT2D eigenvalue weighted by atomic mass is 19.4. The third kappa shape index (κ3) is 3.86. The molecule has 1 fully saturated rings. The van der Waals surface area contributed by atoms with E-state index in [2.05, 4.69) is 17.1 Å². The van der Waals surface area contributed by atoms with Gasteiger partial charge in [-0.15, -0.1) is 0 Å². The van der Waals surface area contributed by atoms with E-state index in [0.717, 1.165) is 50.3 Å². The predicted octanol–water partition coefficient (Wildman–Crippen LogP) is 3.28. The Hall–Kier alpha value is -1.23. The largest absolute Gasteiger partial charge is 0.416 e. The van der Waals surface area contributed by atoms with Crippen molar-refractivity contribution in [1.29, 1.82) is 0 Å². The summed E-state index contributed by atoms with van der Waals surface area (Å²) in [6.07, 6.45) is -2.25. The zero-order chi connectivity index (χ0) is 13.9. The Morgan fingerprint density at radius 3 is 2.47 bits per heavy atom. The number of alkyl halides is 3. The number of hydrogen-bond acceptors (Lipinski definition) is 2. The first-order chi connectivity index (χ1) is 8.97. The third-order valence-corrected chi connectivity index (χ3v) is 3.49. The van der Waals surface area contributed by atoms with Crippen LogP contribution >= 0.6 is 0 Å². The molecular formula is C14H19F3N2. The van der Waals surface area contributed by atoms with Gasteiger partial charge in [-0.3, -0.25) is 0 Å². The lowest BCUT2D eigenvalue weighted by atomic mass is 10.1. The van der Waals surface area contributed by atoms with E-state index in [4.69, 9.17) is 0 Å². The van der Waals surface area contributed by atoms with Crippen molar-refractivity contribution in [2.24, 2.45) is 0 Å². The van der Waals surface area contributed by atoms with Gasteiger partial charge in [-0.2, -0.15) is 13.2 Å². The fraction of sp³-hybridized carbons (Fsp3) is 0.571. The molecule has 1 aromatic rings. The number of nitrogens with one attached hydrogen (secondary N) is 1. The van der Waals surface area contributed by atoms with E-state index in [1.54, 1.807) is 12.1 Å². The Kier molecular flexibility index (Phi) is 4.34. The van der Waals surface area contributed by atoms with Crippen LogP contribution in [0, 0.1) is 0 Å². The summed E-state index contributed by atoms with van der Waals surface area (Å²) in [4.78, 5) is 2.16. The molecule has 5 heteroatoms. The molecule has 0 amide bonds. The van der Waals surface area contributed by atoms with Crippen LogP contribution in [0.25, 0.3) is 0 Å². The van der Waals surface area contributed by atoms with Gasteiger partial charge in [-0.25, -0.2) is 0 Å². The molecule has 2 rings (SSSR count). The minimum atomic E-state index is -4.26. The van der Waals surface area contributed by atoms with Crippen LogP contribution in [0.15, 0.2) is 24.3 Å². The van der Waals surface area contributed by atoms with Crippen LogP contribution in [0.2, 0.25) is 0 Å². The molecule has 19 heavy (non-hydrogen) atoms. The highest BCUT2D eigenvalue weighted by Crippen LogP contribution is 2.30.